The molecule has 0 spiro atoms. The number of carbonyl (C=O) groups excluding carboxylic acids is 2. The highest BCUT2D eigenvalue weighted by Crippen LogP contribution is 2.37. The highest BCUT2D eigenvalue weighted by atomic mass is 16.5. The van der Waals surface area contributed by atoms with Crippen LogP contribution in [0.5, 0.6) is 5.75 Å². The van der Waals surface area contributed by atoms with E-state index in [2.05, 4.69) is 10.6 Å². The summed E-state index contributed by atoms with van der Waals surface area (Å²) in [5.74, 6) is 0.123. The summed E-state index contributed by atoms with van der Waals surface area (Å²) in [5.41, 5.74) is 3.65. The first-order chi connectivity index (χ1) is 16.2. The molecule has 2 aromatic carbocycles. The number of amides is 2. The summed E-state index contributed by atoms with van der Waals surface area (Å²) in [5, 5.41) is 6.54. The second-order valence-electron chi connectivity index (χ2n) is 9.76. The summed E-state index contributed by atoms with van der Waals surface area (Å²) < 4.78 is 11.6. The van der Waals surface area contributed by atoms with Crippen LogP contribution in [0.1, 0.15) is 54.9 Å². The van der Waals surface area contributed by atoms with Crippen LogP contribution in [0.2, 0.25) is 0 Å². The number of ether oxygens (including phenoxy) is 1. The Morgan fingerprint density at radius 1 is 1.21 bits per heavy atom. The van der Waals surface area contributed by atoms with Crippen molar-refractivity contribution in [1.82, 2.24) is 5.32 Å². The molecular weight excluding hydrogens is 432 g/mol. The predicted molar refractivity (Wildman–Crippen MR) is 129 cm³/mol. The molecule has 1 aromatic heterocycles. The standard InChI is InChI=1S/C27H28N2O5/c1-15-19-12-16-8-10-27(2,3)34-22(16)14-23(19)33-26(32)20(15)13-24(30)28-11-9-18-17-6-4-5-7-21(17)29-25(18)31/h4-7,12,14,18H,8-11,13H2,1-3H3,(H,28,30)(H,29,31)/t18-/m0/s1. The van der Waals surface area contributed by atoms with Gasteiger partial charge in [-0.05, 0) is 68.9 Å². The largest absolute Gasteiger partial charge is 0.487 e. The van der Waals surface area contributed by atoms with Gasteiger partial charge in [-0.3, -0.25) is 9.59 Å². The lowest BCUT2D eigenvalue weighted by atomic mass is 9.92. The minimum atomic E-state index is -0.515. The molecule has 0 saturated carbocycles. The van der Waals surface area contributed by atoms with E-state index in [9.17, 15) is 14.4 Å². The van der Waals surface area contributed by atoms with Gasteiger partial charge >= 0.3 is 5.63 Å². The van der Waals surface area contributed by atoms with E-state index in [1.165, 1.54) is 0 Å². The Hall–Kier alpha value is -3.61. The Morgan fingerprint density at radius 3 is 2.82 bits per heavy atom. The Bertz CT molecular complexity index is 1370. The van der Waals surface area contributed by atoms with Gasteiger partial charge in [0, 0.05) is 23.7 Å². The summed E-state index contributed by atoms with van der Waals surface area (Å²) >= 11 is 0. The lowest BCUT2D eigenvalue weighted by Gasteiger charge is -2.32. The number of hydrogen-bond acceptors (Lipinski definition) is 5. The molecule has 2 aliphatic rings. The van der Waals surface area contributed by atoms with Crippen LogP contribution in [0.25, 0.3) is 11.0 Å². The maximum Gasteiger partial charge on any atom is 0.340 e. The minimum Gasteiger partial charge on any atom is -0.487 e. The van der Waals surface area contributed by atoms with E-state index in [0.717, 1.165) is 46.4 Å². The average Bonchev–Trinajstić information content (AvgIpc) is 3.10. The summed E-state index contributed by atoms with van der Waals surface area (Å²) in [7, 11) is 0. The number of anilines is 1. The molecule has 0 aliphatic carbocycles. The maximum atomic E-state index is 12.7. The fourth-order valence-electron chi connectivity index (χ4n) is 4.88. The third-order valence-corrected chi connectivity index (χ3v) is 6.85. The fourth-order valence-corrected chi connectivity index (χ4v) is 4.88. The van der Waals surface area contributed by atoms with Gasteiger partial charge in [0.2, 0.25) is 11.8 Å². The number of fused-ring (bicyclic) bond motifs is 3. The summed E-state index contributed by atoms with van der Waals surface area (Å²) in [6.07, 6.45) is 2.20. The second-order valence-corrected chi connectivity index (χ2v) is 9.76. The van der Waals surface area contributed by atoms with E-state index in [-0.39, 0.29) is 29.8 Å². The highest BCUT2D eigenvalue weighted by molar-refractivity contribution is 6.02. The van der Waals surface area contributed by atoms with Gasteiger partial charge in [-0.25, -0.2) is 4.79 Å². The number of aryl methyl sites for hydroxylation is 2. The van der Waals surface area contributed by atoms with Crippen molar-refractivity contribution in [3.63, 3.8) is 0 Å². The first-order valence-electron chi connectivity index (χ1n) is 11.7. The van der Waals surface area contributed by atoms with E-state index in [1.807, 2.05) is 51.1 Å². The molecule has 3 heterocycles. The SMILES string of the molecule is Cc1c(CC(=O)NCC[C@@H]2C(=O)Nc3ccccc32)c(=O)oc2cc3c(cc12)CCC(C)(C)O3. The Balaban J connectivity index is 1.29. The number of carbonyl (C=O) groups is 2. The fraction of sp³-hybridized carbons (Fsp3) is 0.370. The molecule has 7 nitrogen and oxygen atoms in total. The van der Waals surface area contributed by atoms with Crippen molar-refractivity contribution in [3.8, 4) is 5.75 Å². The average molecular weight is 461 g/mol. The quantitative estimate of drug-likeness (QED) is 0.561. The zero-order valence-electron chi connectivity index (χ0n) is 19.6. The molecule has 2 aliphatic heterocycles. The molecule has 7 heteroatoms. The van der Waals surface area contributed by atoms with Crippen LogP contribution in [-0.2, 0) is 22.4 Å². The summed E-state index contributed by atoms with van der Waals surface area (Å²) in [6, 6.07) is 11.4. The van der Waals surface area contributed by atoms with Gasteiger partial charge in [-0.2, -0.15) is 0 Å². The molecule has 0 radical (unpaired) electrons. The van der Waals surface area contributed by atoms with Crippen LogP contribution in [0.4, 0.5) is 5.69 Å². The number of nitrogens with one attached hydrogen (secondary N) is 2. The monoisotopic (exact) mass is 460 g/mol. The molecule has 34 heavy (non-hydrogen) atoms. The lowest BCUT2D eigenvalue weighted by Crippen LogP contribution is -2.32. The van der Waals surface area contributed by atoms with Gasteiger partial charge in [0.05, 0.1) is 17.9 Å². The van der Waals surface area contributed by atoms with Crippen LogP contribution in [0, 0.1) is 6.92 Å². The van der Waals surface area contributed by atoms with Crippen molar-refractivity contribution in [1.29, 1.82) is 0 Å². The highest BCUT2D eigenvalue weighted by Gasteiger charge is 2.30. The Morgan fingerprint density at radius 2 is 2.00 bits per heavy atom. The van der Waals surface area contributed by atoms with E-state index < -0.39 is 5.63 Å². The minimum absolute atomic E-state index is 0.0582. The topological polar surface area (TPSA) is 97.6 Å². The molecule has 2 amide bonds. The molecule has 1 atom stereocenters. The first kappa shape index (κ1) is 22.2. The van der Waals surface area contributed by atoms with Gasteiger partial charge in [-0.1, -0.05) is 18.2 Å². The van der Waals surface area contributed by atoms with Gasteiger partial charge in [0.25, 0.3) is 0 Å². The first-order valence-corrected chi connectivity index (χ1v) is 11.7. The number of rotatable bonds is 5. The molecular formula is C27H28N2O5. The summed E-state index contributed by atoms with van der Waals surface area (Å²) in [4.78, 5) is 37.6. The van der Waals surface area contributed by atoms with Crippen molar-refractivity contribution in [2.75, 3.05) is 11.9 Å². The Labute approximate surface area is 197 Å². The van der Waals surface area contributed by atoms with Crippen LogP contribution in [0.15, 0.2) is 45.6 Å². The molecule has 5 rings (SSSR count). The van der Waals surface area contributed by atoms with Gasteiger partial charge in [-0.15, -0.1) is 0 Å². The molecule has 0 fully saturated rings. The van der Waals surface area contributed by atoms with Gasteiger partial charge in [0.15, 0.2) is 0 Å². The molecule has 0 saturated heterocycles. The third kappa shape index (κ3) is 4.06. The van der Waals surface area contributed by atoms with E-state index in [0.29, 0.717) is 24.1 Å². The number of para-hydroxylation sites is 1. The second kappa shape index (κ2) is 8.31. The summed E-state index contributed by atoms with van der Waals surface area (Å²) in [6.45, 7) is 6.27. The number of benzene rings is 2. The normalized spacial score (nSPS) is 18.1. The van der Waals surface area contributed by atoms with Crippen molar-refractivity contribution in [2.45, 2.75) is 58.0 Å². The van der Waals surface area contributed by atoms with Crippen molar-refractivity contribution >= 4 is 28.5 Å². The smallest absolute Gasteiger partial charge is 0.340 e. The third-order valence-electron chi connectivity index (χ3n) is 6.85. The lowest BCUT2D eigenvalue weighted by molar-refractivity contribution is -0.121. The van der Waals surface area contributed by atoms with Gasteiger partial charge < -0.3 is 19.8 Å². The Kier molecular flexibility index (Phi) is 5.42. The van der Waals surface area contributed by atoms with Crippen LogP contribution >= 0.6 is 0 Å². The molecule has 0 unspecified atom stereocenters. The molecule has 0 bridgehead atoms. The van der Waals surface area contributed by atoms with Crippen molar-refractivity contribution < 1.29 is 18.7 Å². The zero-order valence-corrected chi connectivity index (χ0v) is 19.6. The van der Waals surface area contributed by atoms with Crippen LogP contribution in [0.3, 0.4) is 0 Å². The predicted octanol–water partition coefficient (Wildman–Crippen LogP) is 3.99. The van der Waals surface area contributed by atoms with E-state index in [1.54, 1.807) is 6.07 Å². The van der Waals surface area contributed by atoms with Gasteiger partial charge in [0.1, 0.15) is 16.9 Å². The van der Waals surface area contributed by atoms with E-state index >= 15 is 0 Å². The maximum absolute atomic E-state index is 12.7. The van der Waals surface area contributed by atoms with E-state index in [4.69, 9.17) is 9.15 Å². The molecule has 2 N–H and O–H groups in total. The number of hydrogen-bond donors (Lipinski definition) is 2. The zero-order chi connectivity index (χ0) is 24.0. The molecule has 176 valence electrons. The van der Waals surface area contributed by atoms with Crippen molar-refractivity contribution in [3.05, 3.63) is 69.1 Å². The molecule has 3 aromatic rings. The van der Waals surface area contributed by atoms with Crippen molar-refractivity contribution in [2.24, 2.45) is 0 Å². The van der Waals surface area contributed by atoms with Crippen LogP contribution in [-0.4, -0.2) is 24.0 Å². The van der Waals surface area contributed by atoms with Crippen LogP contribution < -0.4 is 21.0 Å².